The van der Waals surface area contributed by atoms with E-state index >= 15 is 0 Å². The van der Waals surface area contributed by atoms with Crippen molar-refractivity contribution in [2.24, 2.45) is 5.92 Å². The lowest BCUT2D eigenvalue weighted by molar-refractivity contribution is -0.169. The smallest absolute Gasteiger partial charge is 0.306 e. The molecule has 1 N–H and O–H groups in total. The Balaban J connectivity index is 1.99. The number of fused-ring (bicyclic) bond motifs is 1. The fraction of sp³-hybridized carbons (Fsp3) is 0.917. The Labute approximate surface area is 101 Å². The lowest BCUT2D eigenvalue weighted by Gasteiger charge is -2.21. The average Bonchev–Trinajstić information content (AvgIpc) is 2.65. The summed E-state index contributed by atoms with van der Waals surface area (Å²) in [4.78, 5) is 11.5. The van der Waals surface area contributed by atoms with Crippen LogP contribution in [-0.2, 0) is 19.0 Å². The van der Waals surface area contributed by atoms with E-state index in [0.717, 1.165) is 0 Å². The molecule has 1 aliphatic carbocycles. The number of ether oxygens (including phenoxy) is 3. The van der Waals surface area contributed by atoms with Gasteiger partial charge in [0, 0.05) is 5.92 Å². The van der Waals surface area contributed by atoms with Gasteiger partial charge in [-0.2, -0.15) is 0 Å². The highest BCUT2D eigenvalue weighted by molar-refractivity contribution is 5.69. The maximum atomic E-state index is 11.5. The van der Waals surface area contributed by atoms with E-state index in [1.807, 2.05) is 13.8 Å². The molecule has 2 aliphatic rings. The summed E-state index contributed by atoms with van der Waals surface area (Å²) in [6, 6.07) is 0. The molecule has 5 heteroatoms. The van der Waals surface area contributed by atoms with E-state index in [2.05, 4.69) is 0 Å². The summed E-state index contributed by atoms with van der Waals surface area (Å²) in [5, 5.41) is 9.89. The zero-order chi connectivity index (χ0) is 12.6. The molecule has 1 heterocycles. The normalized spacial score (nSPS) is 39.1. The number of aliphatic hydroxyl groups is 1. The van der Waals surface area contributed by atoms with Crippen LogP contribution >= 0.6 is 0 Å². The number of aliphatic hydroxyl groups excluding tert-OH is 1. The van der Waals surface area contributed by atoms with Gasteiger partial charge >= 0.3 is 5.97 Å². The van der Waals surface area contributed by atoms with E-state index in [4.69, 9.17) is 14.2 Å². The molecule has 17 heavy (non-hydrogen) atoms. The summed E-state index contributed by atoms with van der Waals surface area (Å²) in [7, 11) is 0. The van der Waals surface area contributed by atoms with Gasteiger partial charge in [-0.05, 0) is 27.2 Å². The highest BCUT2D eigenvalue weighted by atomic mass is 16.8. The van der Waals surface area contributed by atoms with E-state index in [9.17, 15) is 9.90 Å². The second-order valence-electron chi connectivity index (χ2n) is 5.14. The van der Waals surface area contributed by atoms with Crippen LogP contribution in [0, 0.1) is 5.92 Å². The number of hydrogen-bond acceptors (Lipinski definition) is 5. The number of carbonyl (C=O) groups is 1. The minimum Gasteiger partial charge on any atom is -0.466 e. The van der Waals surface area contributed by atoms with Crippen LogP contribution in [0.5, 0.6) is 0 Å². The average molecular weight is 244 g/mol. The van der Waals surface area contributed by atoms with Gasteiger partial charge in [0.1, 0.15) is 6.10 Å². The summed E-state index contributed by atoms with van der Waals surface area (Å²) in [5.41, 5.74) is 0. The van der Waals surface area contributed by atoms with Crippen molar-refractivity contribution >= 4 is 5.97 Å². The van der Waals surface area contributed by atoms with E-state index < -0.39 is 11.9 Å². The topological polar surface area (TPSA) is 65.0 Å². The fourth-order valence-electron chi connectivity index (χ4n) is 2.69. The minimum absolute atomic E-state index is 0.0178. The molecule has 4 atom stereocenters. The minimum atomic E-state index is -0.677. The lowest BCUT2D eigenvalue weighted by Crippen LogP contribution is -2.28. The van der Waals surface area contributed by atoms with Crippen LogP contribution in [0.2, 0.25) is 0 Å². The van der Waals surface area contributed by atoms with Crippen molar-refractivity contribution in [3.8, 4) is 0 Å². The van der Waals surface area contributed by atoms with Gasteiger partial charge in [-0.25, -0.2) is 0 Å². The van der Waals surface area contributed by atoms with Crippen LogP contribution < -0.4 is 0 Å². The van der Waals surface area contributed by atoms with E-state index in [1.54, 1.807) is 6.92 Å². The van der Waals surface area contributed by atoms with Gasteiger partial charge in [0.2, 0.25) is 0 Å². The van der Waals surface area contributed by atoms with Crippen molar-refractivity contribution in [2.75, 3.05) is 6.61 Å². The molecule has 0 aromatic rings. The van der Waals surface area contributed by atoms with Gasteiger partial charge in [0.15, 0.2) is 5.79 Å². The standard InChI is InChI=1S/C12H20O5/c1-4-15-9(14)6-7-5-8(13)11-10(7)16-12(2,3)17-11/h7-8,10-11,13H,4-6H2,1-3H3/t7-,8-,10+,11-/m1/s1. The van der Waals surface area contributed by atoms with Gasteiger partial charge in [-0.15, -0.1) is 0 Å². The van der Waals surface area contributed by atoms with Crippen molar-refractivity contribution in [2.45, 2.75) is 57.7 Å². The van der Waals surface area contributed by atoms with Crippen molar-refractivity contribution in [3.63, 3.8) is 0 Å². The maximum absolute atomic E-state index is 11.5. The summed E-state index contributed by atoms with van der Waals surface area (Å²) in [5.74, 6) is -0.932. The molecule has 98 valence electrons. The number of carbonyl (C=O) groups excluding carboxylic acids is 1. The Bertz CT molecular complexity index is 301. The Hall–Kier alpha value is -0.650. The van der Waals surface area contributed by atoms with Crippen LogP contribution in [-0.4, -0.2) is 41.8 Å². The highest BCUT2D eigenvalue weighted by Crippen LogP contribution is 2.42. The summed E-state index contributed by atoms with van der Waals surface area (Å²) < 4.78 is 16.3. The molecule has 1 aliphatic heterocycles. The van der Waals surface area contributed by atoms with Crippen LogP contribution in [0.15, 0.2) is 0 Å². The molecule has 2 rings (SSSR count). The third-order valence-electron chi connectivity index (χ3n) is 3.29. The second-order valence-corrected chi connectivity index (χ2v) is 5.14. The van der Waals surface area contributed by atoms with Gasteiger partial charge in [-0.1, -0.05) is 0 Å². The first-order valence-electron chi connectivity index (χ1n) is 6.12. The number of rotatable bonds is 3. The molecule has 0 bridgehead atoms. The zero-order valence-corrected chi connectivity index (χ0v) is 10.5. The molecule has 1 saturated carbocycles. The van der Waals surface area contributed by atoms with Gasteiger partial charge < -0.3 is 19.3 Å². The third-order valence-corrected chi connectivity index (χ3v) is 3.29. The van der Waals surface area contributed by atoms with Crippen molar-refractivity contribution < 1.29 is 24.1 Å². The van der Waals surface area contributed by atoms with Crippen LogP contribution in [0.4, 0.5) is 0 Å². The van der Waals surface area contributed by atoms with Gasteiger partial charge in [-0.3, -0.25) is 4.79 Å². The van der Waals surface area contributed by atoms with Crippen molar-refractivity contribution in [3.05, 3.63) is 0 Å². The maximum Gasteiger partial charge on any atom is 0.306 e. The first kappa shape index (κ1) is 12.8. The molecule has 0 amide bonds. The predicted octanol–water partition coefficient (Wildman–Crippen LogP) is 0.840. The van der Waals surface area contributed by atoms with E-state index in [-0.39, 0.29) is 30.5 Å². The first-order chi connectivity index (χ1) is 7.93. The molecular formula is C12H20O5. The molecule has 2 fully saturated rings. The van der Waals surface area contributed by atoms with Crippen LogP contribution in [0.3, 0.4) is 0 Å². The Kier molecular flexibility index (Phi) is 3.43. The number of esters is 1. The number of hydrogen-bond donors (Lipinski definition) is 1. The van der Waals surface area contributed by atoms with Crippen molar-refractivity contribution in [1.82, 2.24) is 0 Å². The largest absolute Gasteiger partial charge is 0.466 e. The second kappa shape index (κ2) is 4.55. The summed E-state index contributed by atoms with van der Waals surface area (Å²) in [6.07, 6.45) is -0.259. The lowest BCUT2D eigenvalue weighted by atomic mass is 10.0. The zero-order valence-electron chi connectivity index (χ0n) is 10.5. The van der Waals surface area contributed by atoms with Crippen LogP contribution in [0.1, 0.15) is 33.6 Å². The molecule has 5 nitrogen and oxygen atoms in total. The summed E-state index contributed by atoms with van der Waals surface area (Å²) >= 11 is 0. The Morgan fingerprint density at radius 3 is 2.71 bits per heavy atom. The van der Waals surface area contributed by atoms with Gasteiger partial charge in [0.25, 0.3) is 0 Å². The van der Waals surface area contributed by atoms with Crippen LogP contribution in [0.25, 0.3) is 0 Å². The molecule has 0 spiro atoms. The van der Waals surface area contributed by atoms with Gasteiger partial charge in [0.05, 0.1) is 25.2 Å². The molecule has 0 radical (unpaired) electrons. The quantitative estimate of drug-likeness (QED) is 0.745. The molecule has 0 aromatic heterocycles. The monoisotopic (exact) mass is 244 g/mol. The molecule has 0 unspecified atom stereocenters. The molecule has 0 aromatic carbocycles. The van der Waals surface area contributed by atoms with E-state index in [1.165, 1.54) is 0 Å². The molecular weight excluding hydrogens is 224 g/mol. The predicted molar refractivity (Wildman–Crippen MR) is 59.2 cm³/mol. The summed E-state index contributed by atoms with van der Waals surface area (Å²) in [6.45, 7) is 5.80. The third kappa shape index (κ3) is 2.61. The van der Waals surface area contributed by atoms with E-state index in [0.29, 0.717) is 13.0 Å². The first-order valence-corrected chi connectivity index (χ1v) is 6.12. The Morgan fingerprint density at radius 1 is 1.41 bits per heavy atom. The van der Waals surface area contributed by atoms with Crippen molar-refractivity contribution in [1.29, 1.82) is 0 Å². The molecule has 1 saturated heterocycles. The Morgan fingerprint density at radius 2 is 2.06 bits per heavy atom. The highest BCUT2D eigenvalue weighted by Gasteiger charge is 2.53. The fourth-order valence-corrected chi connectivity index (χ4v) is 2.69. The SMILES string of the molecule is CCOC(=O)C[C@H]1C[C@@H](O)[C@H]2OC(C)(C)O[C@@H]12.